The second kappa shape index (κ2) is 7.53. The summed E-state index contributed by atoms with van der Waals surface area (Å²) >= 11 is 0. The maximum atomic E-state index is 12.4. The van der Waals surface area contributed by atoms with Gasteiger partial charge in [-0.05, 0) is 18.9 Å². The largest absolute Gasteiger partial charge is 0.481 e. The van der Waals surface area contributed by atoms with Crippen LogP contribution in [0.3, 0.4) is 0 Å². The smallest absolute Gasteiger partial charge is 0.305 e. The third kappa shape index (κ3) is 4.28. The maximum absolute atomic E-state index is 12.4. The van der Waals surface area contributed by atoms with Gasteiger partial charge >= 0.3 is 5.97 Å². The number of benzene rings is 1. The first-order valence-electron chi connectivity index (χ1n) is 7.07. The lowest BCUT2D eigenvalue weighted by Crippen LogP contribution is -2.32. The van der Waals surface area contributed by atoms with E-state index in [0.29, 0.717) is 12.1 Å². The number of carboxylic acids is 1. The number of carbonyl (C=O) groups is 2. The number of hydrogen-bond donors (Lipinski definition) is 1. The molecule has 1 N–H and O–H groups in total. The minimum absolute atomic E-state index is 0.0289. The van der Waals surface area contributed by atoms with Gasteiger partial charge in [0.15, 0.2) is 0 Å². The van der Waals surface area contributed by atoms with Crippen LogP contribution in [0.5, 0.6) is 0 Å². The van der Waals surface area contributed by atoms with Gasteiger partial charge in [0, 0.05) is 30.3 Å². The Morgan fingerprint density at radius 1 is 1.36 bits per heavy atom. The number of nitrogens with zero attached hydrogens (tertiary/aromatic N) is 2. The van der Waals surface area contributed by atoms with Crippen molar-refractivity contribution in [3.8, 4) is 0 Å². The van der Waals surface area contributed by atoms with Gasteiger partial charge in [0.05, 0.1) is 11.3 Å². The summed E-state index contributed by atoms with van der Waals surface area (Å²) in [4.78, 5) is 35.0. The average Bonchev–Trinajstić information content (AvgIpc) is 2.46. The molecule has 0 aliphatic rings. The lowest BCUT2D eigenvalue weighted by Gasteiger charge is -2.20. The van der Waals surface area contributed by atoms with Crippen LogP contribution < -0.4 is 0 Å². The highest BCUT2D eigenvalue weighted by molar-refractivity contribution is 5.95. The van der Waals surface area contributed by atoms with Crippen molar-refractivity contribution in [1.82, 2.24) is 4.90 Å². The summed E-state index contributed by atoms with van der Waals surface area (Å²) < 4.78 is 0. The molecular formula is C15H20N2O5. The summed E-state index contributed by atoms with van der Waals surface area (Å²) in [5.74, 6) is -1.42. The van der Waals surface area contributed by atoms with Crippen LogP contribution in [-0.4, -0.2) is 39.9 Å². The molecule has 120 valence electrons. The van der Waals surface area contributed by atoms with Gasteiger partial charge in [0.25, 0.3) is 11.6 Å². The monoisotopic (exact) mass is 308 g/mol. The number of nitro benzene ring substituents is 1. The molecule has 0 aliphatic heterocycles. The Bertz CT molecular complexity index is 583. The fourth-order valence-electron chi connectivity index (χ4n) is 2.14. The first kappa shape index (κ1) is 17.6. The van der Waals surface area contributed by atoms with E-state index < -0.39 is 16.8 Å². The number of carboxylic acid groups (broad SMARTS) is 1. The molecule has 0 saturated carbocycles. The van der Waals surface area contributed by atoms with Gasteiger partial charge in [0.2, 0.25) is 0 Å². The minimum atomic E-state index is -0.993. The molecule has 0 aliphatic carbocycles. The van der Waals surface area contributed by atoms with Crippen LogP contribution in [0.25, 0.3) is 0 Å². The van der Waals surface area contributed by atoms with E-state index in [2.05, 4.69) is 0 Å². The molecule has 1 amide bonds. The Morgan fingerprint density at radius 2 is 2.00 bits per heavy atom. The summed E-state index contributed by atoms with van der Waals surface area (Å²) in [5.41, 5.74) is 0.675. The van der Waals surface area contributed by atoms with Crippen molar-refractivity contribution in [2.75, 3.05) is 13.1 Å². The van der Waals surface area contributed by atoms with Crippen LogP contribution in [0.15, 0.2) is 18.2 Å². The summed E-state index contributed by atoms with van der Waals surface area (Å²) in [5, 5.41) is 19.9. The molecule has 22 heavy (non-hydrogen) atoms. The standard InChI is InChI=1S/C15H20N2O5/c1-4-16(8-7-14(18)19)15(20)11-5-6-12(10(2)3)13(9-11)17(21)22/h5-6,9-10H,4,7-8H2,1-3H3,(H,18,19). The Balaban J connectivity index is 3.09. The molecule has 0 fully saturated rings. The Morgan fingerprint density at radius 3 is 2.45 bits per heavy atom. The quantitative estimate of drug-likeness (QED) is 0.616. The number of amides is 1. The van der Waals surface area contributed by atoms with Crippen LogP contribution >= 0.6 is 0 Å². The highest BCUT2D eigenvalue weighted by atomic mass is 16.6. The molecule has 0 radical (unpaired) electrons. The molecule has 0 bridgehead atoms. The Hall–Kier alpha value is -2.44. The first-order chi connectivity index (χ1) is 10.3. The SMILES string of the molecule is CCN(CCC(=O)O)C(=O)c1ccc(C(C)C)c([N+](=O)[O-])c1. The number of carbonyl (C=O) groups excluding carboxylic acids is 1. The van der Waals surface area contributed by atoms with E-state index in [1.54, 1.807) is 19.1 Å². The zero-order valence-corrected chi connectivity index (χ0v) is 12.9. The van der Waals surface area contributed by atoms with Crippen LogP contribution in [0, 0.1) is 10.1 Å². The van der Waals surface area contributed by atoms with Crippen molar-refractivity contribution in [3.63, 3.8) is 0 Å². The number of nitro groups is 1. The molecule has 0 atom stereocenters. The van der Waals surface area contributed by atoms with Gasteiger partial charge in [-0.1, -0.05) is 19.9 Å². The van der Waals surface area contributed by atoms with E-state index in [1.807, 2.05) is 13.8 Å². The van der Waals surface area contributed by atoms with E-state index >= 15 is 0 Å². The third-order valence-electron chi connectivity index (χ3n) is 3.36. The second-order valence-corrected chi connectivity index (χ2v) is 5.21. The van der Waals surface area contributed by atoms with Crippen LogP contribution in [-0.2, 0) is 4.79 Å². The van der Waals surface area contributed by atoms with E-state index in [4.69, 9.17) is 5.11 Å². The van der Waals surface area contributed by atoms with Gasteiger partial charge in [0.1, 0.15) is 0 Å². The van der Waals surface area contributed by atoms with E-state index in [-0.39, 0.29) is 30.1 Å². The minimum Gasteiger partial charge on any atom is -0.481 e. The van der Waals surface area contributed by atoms with Crippen molar-refractivity contribution in [2.24, 2.45) is 0 Å². The molecule has 7 heteroatoms. The van der Waals surface area contributed by atoms with Crippen molar-refractivity contribution in [2.45, 2.75) is 33.1 Å². The van der Waals surface area contributed by atoms with E-state index in [1.165, 1.54) is 11.0 Å². The lowest BCUT2D eigenvalue weighted by atomic mass is 9.99. The van der Waals surface area contributed by atoms with Crippen molar-refractivity contribution in [1.29, 1.82) is 0 Å². The fourth-order valence-corrected chi connectivity index (χ4v) is 2.14. The van der Waals surface area contributed by atoms with Crippen molar-refractivity contribution < 1.29 is 19.6 Å². The Kier molecular flexibility index (Phi) is 6.03. The average molecular weight is 308 g/mol. The predicted molar refractivity (Wildman–Crippen MR) is 81.0 cm³/mol. The predicted octanol–water partition coefficient (Wildman–Crippen LogP) is 2.66. The van der Waals surface area contributed by atoms with Gasteiger partial charge in [-0.3, -0.25) is 19.7 Å². The summed E-state index contributed by atoms with van der Waals surface area (Å²) in [6, 6.07) is 4.40. The second-order valence-electron chi connectivity index (χ2n) is 5.21. The topological polar surface area (TPSA) is 101 Å². The summed E-state index contributed by atoms with van der Waals surface area (Å²) in [6.07, 6.45) is -0.161. The first-order valence-corrected chi connectivity index (χ1v) is 7.07. The van der Waals surface area contributed by atoms with Gasteiger partial charge in [-0.15, -0.1) is 0 Å². The van der Waals surface area contributed by atoms with Crippen LogP contribution in [0.4, 0.5) is 5.69 Å². The molecule has 0 heterocycles. The van der Waals surface area contributed by atoms with Gasteiger partial charge < -0.3 is 10.0 Å². The molecule has 0 aromatic heterocycles. The molecular weight excluding hydrogens is 288 g/mol. The number of rotatable bonds is 7. The summed E-state index contributed by atoms with van der Waals surface area (Å²) in [7, 11) is 0. The molecule has 1 aromatic carbocycles. The van der Waals surface area contributed by atoms with Crippen molar-refractivity contribution in [3.05, 3.63) is 39.4 Å². The number of aliphatic carboxylic acids is 1. The molecule has 0 unspecified atom stereocenters. The lowest BCUT2D eigenvalue weighted by molar-refractivity contribution is -0.385. The van der Waals surface area contributed by atoms with Gasteiger partial charge in [-0.2, -0.15) is 0 Å². The zero-order valence-electron chi connectivity index (χ0n) is 12.9. The normalized spacial score (nSPS) is 10.5. The van der Waals surface area contributed by atoms with Crippen LogP contribution in [0.1, 0.15) is 49.0 Å². The maximum Gasteiger partial charge on any atom is 0.305 e. The molecule has 7 nitrogen and oxygen atoms in total. The fraction of sp³-hybridized carbons (Fsp3) is 0.467. The highest BCUT2D eigenvalue weighted by Crippen LogP contribution is 2.27. The van der Waals surface area contributed by atoms with Crippen LogP contribution in [0.2, 0.25) is 0 Å². The van der Waals surface area contributed by atoms with Crippen molar-refractivity contribution >= 4 is 17.6 Å². The Labute approximate surface area is 128 Å². The highest BCUT2D eigenvalue weighted by Gasteiger charge is 2.22. The molecule has 1 aromatic rings. The molecule has 0 saturated heterocycles. The third-order valence-corrected chi connectivity index (χ3v) is 3.36. The van der Waals surface area contributed by atoms with E-state index in [0.717, 1.165) is 0 Å². The molecule has 1 rings (SSSR count). The van der Waals surface area contributed by atoms with E-state index in [9.17, 15) is 19.7 Å². The van der Waals surface area contributed by atoms with Gasteiger partial charge in [-0.25, -0.2) is 0 Å². The zero-order chi connectivity index (χ0) is 16.9. The molecule has 0 spiro atoms. The summed E-state index contributed by atoms with van der Waals surface area (Å²) in [6.45, 7) is 5.83. The number of hydrogen-bond acceptors (Lipinski definition) is 4.